The molecule has 1 unspecified atom stereocenters. The summed E-state index contributed by atoms with van der Waals surface area (Å²) in [6.07, 6.45) is 8.84. The maximum absolute atomic E-state index is 15.2. The molecule has 3 aromatic rings. The highest BCUT2D eigenvalue weighted by Crippen LogP contribution is 2.62. The first-order valence-electron chi connectivity index (χ1n) is 13.5. The van der Waals surface area contributed by atoms with Gasteiger partial charge in [0.2, 0.25) is 5.88 Å². The highest BCUT2D eigenvalue weighted by molar-refractivity contribution is 7.12. The first kappa shape index (κ1) is 22.7. The second kappa shape index (κ2) is 8.56. The lowest BCUT2D eigenvalue weighted by atomic mass is 9.48. The molecule has 2 heterocycles. The van der Waals surface area contributed by atoms with Gasteiger partial charge in [-0.2, -0.15) is 0 Å². The summed E-state index contributed by atoms with van der Waals surface area (Å²) in [5.74, 6) is 2.03. The van der Waals surface area contributed by atoms with Crippen molar-refractivity contribution < 1.29 is 14.6 Å². The Morgan fingerprint density at radius 2 is 1.75 bits per heavy atom. The summed E-state index contributed by atoms with van der Waals surface area (Å²) in [4.78, 5) is 5.32. The smallest absolute Gasteiger partial charge is 0.225 e. The summed E-state index contributed by atoms with van der Waals surface area (Å²) in [6.45, 7) is 1.91. The van der Waals surface area contributed by atoms with Crippen LogP contribution in [-0.4, -0.2) is 28.3 Å². The van der Waals surface area contributed by atoms with Crippen LogP contribution >= 0.6 is 11.3 Å². The summed E-state index contributed by atoms with van der Waals surface area (Å²) >= 11 is 1.60. The zero-order valence-electron chi connectivity index (χ0n) is 20.5. The number of aromatic nitrogens is 1. The van der Waals surface area contributed by atoms with Crippen molar-refractivity contribution in [2.45, 2.75) is 62.7 Å². The minimum Gasteiger partial charge on any atom is -0.505 e. The van der Waals surface area contributed by atoms with Crippen molar-refractivity contribution in [1.82, 2.24) is 10.3 Å². The molecular formula is C30H33FN2O2S. The van der Waals surface area contributed by atoms with Gasteiger partial charge in [0.15, 0.2) is 11.6 Å². The highest BCUT2D eigenvalue weighted by atomic mass is 32.1. The third-order valence-electron chi connectivity index (χ3n) is 9.40. The molecule has 4 nitrogen and oxygen atoms in total. The van der Waals surface area contributed by atoms with Crippen molar-refractivity contribution >= 4 is 11.3 Å². The van der Waals surface area contributed by atoms with Crippen LogP contribution in [0.3, 0.4) is 0 Å². The largest absolute Gasteiger partial charge is 0.505 e. The summed E-state index contributed by atoms with van der Waals surface area (Å²) in [6, 6.07) is 11.7. The Hall–Kier alpha value is -2.44. The molecule has 0 amide bonds. The summed E-state index contributed by atoms with van der Waals surface area (Å²) in [7, 11) is 0. The number of nitrogens with one attached hydrogen (secondary N) is 1. The van der Waals surface area contributed by atoms with Crippen molar-refractivity contribution in [3.63, 3.8) is 0 Å². The van der Waals surface area contributed by atoms with Gasteiger partial charge in [0.25, 0.3) is 0 Å². The molecular weight excluding hydrogens is 471 g/mol. The van der Waals surface area contributed by atoms with E-state index in [2.05, 4.69) is 28.5 Å². The predicted molar refractivity (Wildman–Crippen MR) is 140 cm³/mol. The van der Waals surface area contributed by atoms with Gasteiger partial charge in [-0.3, -0.25) is 0 Å². The number of phenolic OH excluding ortho intramolecular Hbond substituents is 1. The fraction of sp³-hybridized carbons (Fsp3) is 0.500. The fourth-order valence-electron chi connectivity index (χ4n) is 8.17. The zero-order chi connectivity index (χ0) is 24.4. The molecule has 4 saturated carbocycles. The molecule has 1 aromatic heterocycles. The Bertz CT molecular complexity index is 1280. The molecule has 2 aromatic carbocycles. The molecule has 0 spiro atoms. The van der Waals surface area contributed by atoms with Crippen LogP contribution in [0.1, 0.15) is 71.9 Å². The Morgan fingerprint density at radius 3 is 2.44 bits per heavy atom. The van der Waals surface area contributed by atoms with Crippen LogP contribution in [0.5, 0.6) is 11.6 Å². The van der Waals surface area contributed by atoms with Crippen molar-refractivity contribution in [3.05, 3.63) is 63.2 Å². The SMILES string of the molecule is Oc1nc(C2CCNC2)sc1Cc1cccc(-c2cc(F)c(O)c(C34CC5CC(CC(C5)C3)C4)c2)c1. The number of benzene rings is 2. The van der Waals surface area contributed by atoms with Crippen LogP contribution in [-0.2, 0) is 11.8 Å². The molecule has 1 atom stereocenters. The number of rotatable bonds is 5. The number of hydrogen-bond acceptors (Lipinski definition) is 5. The molecule has 188 valence electrons. The van der Waals surface area contributed by atoms with Crippen molar-refractivity contribution in [2.24, 2.45) is 17.8 Å². The minimum absolute atomic E-state index is 0.0762. The van der Waals surface area contributed by atoms with Gasteiger partial charge >= 0.3 is 0 Å². The average molecular weight is 505 g/mol. The van der Waals surface area contributed by atoms with E-state index in [-0.39, 0.29) is 17.0 Å². The van der Waals surface area contributed by atoms with Crippen LogP contribution in [0, 0.1) is 23.6 Å². The molecule has 0 radical (unpaired) electrons. The summed E-state index contributed by atoms with van der Waals surface area (Å²) in [5.41, 5.74) is 3.59. The van der Waals surface area contributed by atoms with Gasteiger partial charge in [-0.25, -0.2) is 9.37 Å². The summed E-state index contributed by atoms with van der Waals surface area (Å²) < 4.78 is 15.2. The zero-order valence-corrected chi connectivity index (χ0v) is 21.3. The second-order valence-electron chi connectivity index (χ2n) is 11.9. The Morgan fingerprint density at radius 1 is 1.00 bits per heavy atom. The van der Waals surface area contributed by atoms with Crippen molar-refractivity contribution in [3.8, 4) is 22.8 Å². The maximum Gasteiger partial charge on any atom is 0.225 e. The molecule has 1 saturated heterocycles. The van der Waals surface area contributed by atoms with Gasteiger partial charge in [0.1, 0.15) is 5.01 Å². The first-order chi connectivity index (χ1) is 17.5. The summed E-state index contributed by atoms with van der Waals surface area (Å²) in [5, 5.41) is 25.8. The lowest BCUT2D eigenvalue weighted by molar-refractivity contribution is -0.00632. The third kappa shape index (κ3) is 3.84. The van der Waals surface area contributed by atoms with Crippen molar-refractivity contribution in [1.29, 1.82) is 0 Å². The van der Waals surface area contributed by atoms with Gasteiger partial charge in [0, 0.05) is 24.4 Å². The van der Waals surface area contributed by atoms with Gasteiger partial charge in [-0.15, -0.1) is 11.3 Å². The minimum atomic E-state index is -0.515. The molecule has 5 fully saturated rings. The standard InChI is InChI=1S/C30H33FN2O2S/c31-25-12-23(11-24(27(25)34)30-13-18-6-19(14-30)8-20(7-18)15-30)21-3-1-2-17(9-21)10-26-28(35)33-29(36-26)22-4-5-32-16-22/h1-3,9,11-12,18-20,22,32,34-35H,4-8,10,13-16H2. The van der Waals surface area contributed by atoms with Gasteiger partial charge in [-0.1, -0.05) is 24.3 Å². The van der Waals surface area contributed by atoms with E-state index in [4.69, 9.17) is 0 Å². The number of phenols is 1. The molecule has 6 heteroatoms. The Balaban J connectivity index is 1.20. The van der Waals surface area contributed by atoms with E-state index >= 15 is 4.39 Å². The van der Waals surface area contributed by atoms with Crippen LogP contribution in [0.15, 0.2) is 36.4 Å². The Labute approximate surface area is 215 Å². The Kier molecular flexibility index (Phi) is 5.40. The van der Waals surface area contributed by atoms with Crippen molar-refractivity contribution in [2.75, 3.05) is 13.1 Å². The maximum atomic E-state index is 15.2. The van der Waals surface area contributed by atoms with E-state index < -0.39 is 5.82 Å². The van der Waals surface area contributed by atoms with E-state index in [0.717, 1.165) is 88.7 Å². The molecule has 3 N–H and O–H groups in total. The highest BCUT2D eigenvalue weighted by Gasteiger charge is 2.52. The van der Waals surface area contributed by atoms with E-state index in [1.54, 1.807) is 11.3 Å². The molecule has 36 heavy (non-hydrogen) atoms. The van der Waals surface area contributed by atoms with E-state index in [1.807, 2.05) is 12.1 Å². The molecule has 4 bridgehead atoms. The van der Waals surface area contributed by atoms with Crippen LogP contribution < -0.4 is 5.32 Å². The van der Waals surface area contributed by atoms with Crippen LogP contribution in [0.2, 0.25) is 0 Å². The number of thiazole rings is 1. The molecule has 1 aliphatic heterocycles. The van der Waals surface area contributed by atoms with Crippen LogP contribution in [0.4, 0.5) is 4.39 Å². The average Bonchev–Trinajstić information content (AvgIpc) is 3.50. The van der Waals surface area contributed by atoms with Gasteiger partial charge < -0.3 is 15.5 Å². The van der Waals surface area contributed by atoms with Crippen LogP contribution in [0.25, 0.3) is 11.1 Å². The fourth-order valence-corrected chi connectivity index (χ4v) is 9.30. The predicted octanol–water partition coefficient (Wildman–Crippen LogP) is 6.50. The van der Waals surface area contributed by atoms with E-state index in [9.17, 15) is 10.2 Å². The van der Waals surface area contributed by atoms with Gasteiger partial charge in [-0.05, 0) is 103 Å². The topological polar surface area (TPSA) is 65.4 Å². The monoisotopic (exact) mass is 504 g/mol. The van der Waals surface area contributed by atoms with E-state index in [1.165, 1.54) is 25.3 Å². The van der Waals surface area contributed by atoms with E-state index in [0.29, 0.717) is 12.3 Å². The lowest BCUT2D eigenvalue weighted by Gasteiger charge is -2.57. The second-order valence-corrected chi connectivity index (χ2v) is 13.0. The quantitative estimate of drug-likeness (QED) is 0.371. The number of hydrogen-bond donors (Lipinski definition) is 3. The van der Waals surface area contributed by atoms with Gasteiger partial charge in [0.05, 0.1) is 4.88 Å². The lowest BCUT2D eigenvalue weighted by Crippen LogP contribution is -2.48. The third-order valence-corrected chi connectivity index (χ3v) is 10.6. The number of nitrogens with zero attached hydrogens (tertiary/aromatic N) is 1. The number of aromatic hydroxyl groups is 2. The molecule has 5 aliphatic rings. The number of halogens is 1. The molecule has 4 aliphatic carbocycles. The normalized spacial score (nSPS) is 30.8. The molecule has 8 rings (SSSR count). The first-order valence-corrected chi connectivity index (χ1v) is 14.3.